The topological polar surface area (TPSA) is 26.1 Å². The molecule has 1 radical (unpaired) electrons. The molecular weight excluding hydrogens is 208 g/mol. The Morgan fingerprint density at radius 3 is 2.18 bits per heavy atom. The molecule has 1 saturated heterocycles. The third kappa shape index (κ3) is 6.42. The van der Waals surface area contributed by atoms with E-state index in [9.17, 15) is 0 Å². The van der Waals surface area contributed by atoms with Crippen LogP contribution in [-0.2, 0) is 0 Å². The van der Waals surface area contributed by atoms with Crippen LogP contribution in [0.3, 0.4) is 0 Å². The van der Waals surface area contributed by atoms with Gasteiger partial charge in [0, 0.05) is 25.7 Å². The third-order valence-corrected chi connectivity index (χ3v) is 3.91. The van der Waals surface area contributed by atoms with Crippen LogP contribution in [0, 0.1) is 5.92 Å². The van der Waals surface area contributed by atoms with Crippen molar-refractivity contribution in [2.75, 3.05) is 19.6 Å². The van der Waals surface area contributed by atoms with Crippen LogP contribution in [0.2, 0.25) is 0 Å². The molecule has 0 spiro atoms. The van der Waals surface area contributed by atoms with Crippen molar-refractivity contribution in [1.82, 2.24) is 10.6 Å². The lowest BCUT2D eigenvalue weighted by molar-refractivity contribution is 0.264. The minimum atomic E-state index is 0.609. The molecule has 1 fully saturated rings. The fourth-order valence-corrected chi connectivity index (χ4v) is 2.78. The summed E-state index contributed by atoms with van der Waals surface area (Å²) in [6, 6.07) is 0.609. The summed E-state index contributed by atoms with van der Waals surface area (Å²) in [6.07, 6.45) is 11.1. The van der Waals surface area contributed by atoms with Crippen LogP contribution in [0.4, 0.5) is 0 Å². The van der Waals surface area contributed by atoms with Gasteiger partial charge in [-0.15, -0.1) is 0 Å². The Labute approximate surface area is 108 Å². The van der Waals surface area contributed by atoms with E-state index in [1.165, 1.54) is 51.4 Å². The number of piperazine rings is 1. The molecule has 0 saturated carbocycles. The van der Waals surface area contributed by atoms with Crippen molar-refractivity contribution in [3.8, 4) is 0 Å². The molecule has 1 aliphatic rings. The number of hydrogen-bond acceptors (Lipinski definition) is 1. The third-order valence-electron chi connectivity index (χ3n) is 3.91. The largest absolute Gasteiger partial charge is 0.314 e. The summed E-state index contributed by atoms with van der Waals surface area (Å²) in [7, 11) is 0. The van der Waals surface area contributed by atoms with Gasteiger partial charge in [-0.05, 0) is 18.8 Å². The summed E-state index contributed by atoms with van der Waals surface area (Å²) >= 11 is 0. The maximum Gasteiger partial charge on any atom is 0.0399 e. The van der Waals surface area contributed by atoms with Crippen LogP contribution in [-0.4, -0.2) is 25.7 Å². The molecule has 2 nitrogen and oxygen atoms in total. The van der Waals surface area contributed by atoms with Crippen molar-refractivity contribution in [1.29, 1.82) is 0 Å². The highest BCUT2D eigenvalue weighted by Crippen LogP contribution is 2.22. The molecule has 0 aromatic heterocycles. The van der Waals surface area contributed by atoms with Gasteiger partial charge in [0.05, 0.1) is 0 Å². The number of nitrogens with one attached hydrogen (secondary N) is 1. The Balaban J connectivity index is 2.27. The second-order valence-corrected chi connectivity index (χ2v) is 5.43. The molecule has 2 heteroatoms. The van der Waals surface area contributed by atoms with Crippen molar-refractivity contribution >= 4 is 0 Å². The second-order valence-electron chi connectivity index (χ2n) is 5.43. The van der Waals surface area contributed by atoms with Crippen molar-refractivity contribution in [3.05, 3.63) is 0 Å². The van der Waals surface area contributed by atoms with E-state index in [-0.39, 0.29) is 0 Å². The van der Waals surface area contributed by atoms with E-state index in [0.717, 1.165) is 25.6 Å². The van der Waals surface area contributed by atoms with Crippen LogP contribution < -0.4 is 10.6 Å². The summed E-state index contributed by atoms with van der Waals surface area (Å²) in [4.78, 5) is 0. The SMILES string of the molecule is CCCCCC(CCCCC)C1CNCC[N]1. The van der Waals surface area contributed by atoms with Gasteiger partial charge >= 0.3 is 0 Å². The molecule has 17 heavy (non-hydrogen) atoms. The zero-order valence-electron chi connectivity index (χ0n) is 11.9. The molecule has 1 unspecified atom stereocenters. The lowest BCUT2D eigenvalue weighted by Crippen LogP contribution is -2.47. The molecule has 1 N–H and O–H groups in total. The first-order chi connectivity index (χ1) is 8.38. The minimum absolute atomic E-state index is 0.609. The zero-order valence-corrected chi connectivity index (χ0v) is 11.9. The molecule has 101 valence electrons. The molecule has 0 aromatic rings. The average Bonchev–Trinajstić information content (AvgIpc) is 2.38. The summed E-state index contributed by atoms with van der Waals surface area (Å²) in [5.41, 5.74) is 0. The van der Waals surface area contributed by atoms with E-state index in [1.54, 1.807) is 0 Å². The zero-order chi connectivity index (χ0) is 12.3. The van der Waals surface area contributed by atoms with Crippen LogP contribution in [0.25, 0.3) is 0 Å². The summed E-state index contributed by atoms with van der Waals surface area (Å²) in [5, 5.41) is 8.33. The number of rotatable bonds is 9. The van der Waals surface area contributed by atoms with Gasteiger partial charge in [0.1, 0.15) is 0 Å². The summed E-state index contributed by atoms with van der Waals surface area (Å²) in [5.74, 6) is 0.848. The molecule has 1 heterocycles. The average molecular weight is 239 g/mol. The summed E-state index contributed by atoms with van der Waals surface area (Å²) < 4.78 is 0. The van der Waals surface area contributed by atoms with Crippen molar-refractivity contribution in [3.63, 3.8) is 0 Å². The predicted octanol–water partition coefficient (Wildman–Crippen LogP) is 3.34. The molecule has 0 amide bonds. The van der Waals surface area contributed by atoms with E-state index in [0.29, 0.717) is 6.04 Å². The first-order valence-electron chi connectivity index (χ1n) is 7.75. The van der Waals surface area contributed by atoms with E-state index in [2.05, 4.69) is 19.2 Å². The molecule has 0 bridgehead atoms. The van der Waals surface area contributed by atoms with Crippen LogP contribution in [0.15, 0.2) is 0 Å². The number of nitrogens with zero attached hydrogens (tertiary/aromatic N) is 1. The smallest absolute Gasteiger partial charge is 0.0399 e. The first-order valence-corrected chi connectivity index (χ1v) is 7.75. The van der Waals surface area contributed by atoms with Crippen molar-refractivity contribution in [2.45, 2.75) is 71.3 Å². The number of hydrogen-bond donors (Lipinski definition) is 1. The Morgan fingerprint density at radius 1 is 1.06 bits per heavy atom. The van der Waals surface area contributed by atoms with E-state index in [4.69, 9.17) is 5.32 Å². The highest BCUT2D eigenvalue weighted by Gasteiger charge is 2.23. The highest BCUT2D eigenvalue weighted by atomic mass is 15.1. The van der Waals surface area contributed by atoms with Crippen LogP contribution in [0.5, 0.6) is 0 Å². The Bertz CT molecular complexity index is 154. The molecule has 1 rings (SSSR count). The molecule has 1 aliphatic heterocycles. The van der Waals surface area contributed by atoms with Crippen molar-refractivity contribution in [2.24, 2.45) is 5.92 Å². The summed E-state index contributed by atoms with van der Waals surface area (Å²) in [6.45, 7) is 7.83. The van der Waals surface area contributed by atoms with Gasteiger partial charge in [-0.2, -0.15) is 0 Å². The van der Waals surface area contributed by atoms with Gasteiger partial charge in [0.25, 0.3) is 0 Å². The highest BCUT2D eigenvalue weighted by molar-refractivity contribution is 4.82. The Hall–Kier alpha value is -0.0800. The maximum absolute atomic E-state index is 4.82. The lowest BCUT2D eigenvalue weighted by Gasteiger charge is -2.30. The van der Waals surface area contributed by atoms with Crippen LogP contribution >= 0.6 is 0 Å². The number of unbranched alkanes of at least 4 members (excludes halogenated alkanes) is 4. The molecule has 0 aliphatic carbocycles. The van der Waals surface area contributed by atoms with E-state index < -0.39 is 0 Å². The fraction of sp³-hybridized carbons (Fsp3) is 1.00. The van der Waals surface area contributed by atoms with Gasteiger partial charge in [-0.25, -0.2) is 5.32 Å². The minimum Gasteiger partial charge on any atom is -0.314 e. The van der Waals surface area contributed by atoms with Crippen LogP contribution in [0.1, 0.15) is 65.2 Å². The first kappa shape index (κ1) is 15.0. The van der Waals surface area contributed by atoms with Crippen molar-refractivity contribution < 1.29 is 0 Å². The Kier molecular flexibility index (Phi) is 8.72. The Morgan fingerprint density at radius 2 is 1.71 bits per heavy atom. The van der Waals surface area contributed by atoms with Gasteiger partial charge < -0.3 is 5.32 Å². The fourth-order valence-electron chi connectivity index (χ4n) is 2.78. The normalized spacial score (nSPS) is 21.0. The van der Waals surface area contributed by atoms with Gasteiger partial charge in [-0.1, -0.05) is 52.4 Å². The van der Waals surface area contributed by atoms with Gasteiger partial charge in [0.15, 0.2) is 0 Å². The van der Waals surface area contributed by atoms with E-state index >= 15 is 0 Å². The standard InChI is InChI=1S/C15H31N2/c1-3-5-7-9-14(10-8-6-4-2)15-13-16-11-12-17-15/h14-16H,3-13H2,1-2H3. The van der Waals surface area contributed by atoms with Gasteiger partial charge in [0.2, 0.25) is 0 Å². The lowest BCUT2D eigenvalue weighted by atomic mass is 9.87. The maximum atomic E-state index is 4.82. The monoisotopic (exact) mass is 239 g/mol. The van der Waals surface area contributed by atoms with E-state index in [1.807, 2.05) is 0 Å². The molecular formula is C15H31N2. The molecule has 0 aromatic carbocycles. The van der Waals surface area contributed by atoms with Gasteiger partial charge in [-0.3, -0.25) is 0 Å². The predicted molar refractivity (Wildman–Crippen MR) is 75.4 cm³/mol. The second kappa shape index (κ2) is 9.90. The molecule has 1 atom stereocenters. The quantitative estimate of drug-likeness (QED) is 0.614.